The van der Waals surface area contributed by atoms with Crippen LogP contribution in [0.25, 0.3) is 0 Å². The fourth-order valence-corrected chi connectivity index (χ4v) is 3.67. The summed E-state index contributed by atoms with van der Waals surface area (Å²) in [6.07, 6.45) is 0. The number of halogens is 2. The zero-order chi connectivity index (χ0) is 22.3. The van der Waals surface area contributed by atoms with E-state index in [0.717, 1.165) is 9.91 Å². The lowest BCUT2D eigenvalue weighted by Gasteiger charge is -2.20. The zero-order valence-electron chi connectivity index (χ0n) is 16.5. The van der Waals surface area contributed by atoms with Crippen molar-refractivity contribution in [2.45, 2.75) is 19.0 Å². The molecule has 2 aliphatic heterocycles. The van der Waals surface area contributed by atoms with Gasteiger partial charge in [0.25, 0.3) is 11.8 Å². The molecule has 2 aromatic carbocycles. The van der Waals surface area contributed by atoms with Crippen LogP contribution in [0.2, 0.25) is 5.02 Å². The quantitative estimate of drug-likeness (QED) is 0.713. The SMILES string of the molecule is COc1ccc(N2C(=O)[C@H]3N=NN(CC(=O)Nc4ccc(C)c(F)c4)[C@@H]3C2=O)cc1Cl. The molecule has 9 nitrogen and oxygen atoms in total. The van der Waals surface area contributed by atoms with E-state index in [2.05, 4.69) is 15.7 Å². The molecule has 1 N–H and O–H groups in total. The largest absolute Gasteiger partial charge is 0.495 e. The monoisotopic (exact) mass is 445 g/mol. The second-order valence-corrected chi connectivity index (χ2v) is 7.44. The van der Waals surface area contributed by atoms with Crippen molar-refractivity contribution in [3.05, 3.63) is 52.8 Å². The number of hydrogen-bond donors (Lipinski definition) is 1. The molecule has 11 heteroatoms. The fraction of sp³-hybridized carbons (Fsp3) is 0.250. The van der Waals surface area contributed by atoms with Gasteiger partial charge in [-0.15, -0.1) is 0 Å². The van der Waals surface area contributed by atoms with E-state index in [0.29, 0.717) is 11.3 Å². The molecule has 0 aromatic heterocycles. The smallest absolute Gasteiger partial charge is 0.263 e. The number of carbonyl (C=O) groups is 3. The summed E-state index contributed by atoms with van der Waals surface area (Å²) in [6.45, 7) is 1.27. The third-order valence-electron chi connectivity index (χ3n) is 5.01. The number of ether oxygens (including phenoxy) is 1. The highest BCUT2D eigenvalue weighted by Gasteiger charge is 2.55. The maximum absolute atomic E-state index is 13.7. The van der Waals surface area contributed by atoms with Crippen molar-refractivity contribution in [1.29, 1.82) is 0 Å². The van der Waals surface area contributed by atoms with Crippen molar-refractivity contribution in [2.24, 2.45) is 10.3 Å². The van der Waals surface area contributed by atoms with Gasteiger partial charge in [-0.2, -0.15) is 5.11 Å². The Morgan fingerprint density at radius 2 is 2.00 bits per heavy atom. The third kappa shape index (κ3) is 3.70. The number of hydrogen-bond acceptors (Lipinski definition) is 7. The number of rotatable bonds is 5. The van der Waals surface area contributed by atoms with E-state index in [1.165, 1.54) is 31.4 Å². The van der Waals surface area contributed by atoms with E-state index >= 15 is 0 Å². The molecule has 160 valence electrons. The van der Waals surface area contributed by atoms with Gasteiger partial charge in [-0.05, 0) is 42.8 Å². The van der Waals surface area contributed by atoms with E-state index < -0.39 is 35.6 Å². The Kier molecular flexibility index (Phi) is 5.32. The van der Waals surface area contributed by atoms with Gasteiger partial charge in [-0.25, -0.2) is 9.29 Å². The first kappa shape index (κ1) is 20.7. The number of methoxy groups -OCH3 is 1. The van der Waals surface area contributed by atoms with Gasteiger partial charge in [0.05, 0.1) is 17.8 Å². The minimum atomic E-state index is -1.06. The van der Waals surface area contributed by atoms with Crippen LogP contribution in [0.1, 0.15) is 5.56 Å². The second-order valence-electron chi connectivity index (χ2n) is 7.04. The van der Waals surface area contributed by atoms with Gasteiger partial charge in [0.2, 0.25) is 5.91 Å². The average molecular weight is 446 g/mol. The molecule has 1 fully saturated rings. The first-order valence-electron chi connectivity index (χ1n) is 9.25. The lowest BCUT2D eigenvalue weighted by atomic mass is 10.1. The molecular formula is C20H17ClFN5O4. The van der Waals surface area contributed by atoms with Crippen molar-refractivity contribution in [1.82, 2.24) is 5.01 Å². The zero-order valence-corrected chi connectivity index (χ0v) is 17.3. The molecule has 4 rings (SSSR count). The molecule has 2 aromatic rings. The van der Waals surface area contributed by atoms with Crippen molar-refractivity contribution in [3.63, 3.8) is 0 Å². The molecule has 0 aliphatic carbocycles. The van der Waals surface area contributed by atoms with Crippen LogP contribution in [-0.2, 0) is 14.4 Å². The standard InChI is InChI=1S/C20H17ClFN5O4/c1-10-3-4-11(7-14(10)22)23-16(28)9-26-18-17(24-25-26)19(29)27(20(18)30)12-5-6-15(31-2)13(21)8-12/h3-8,17-18H,9H2,1-2H3,(H,23,28)/t17-,18-/m0/s1. The molecule has 0 bridgehead atoms. The summed E-state index contributed by atoms with van der Waals surface area (Å²) >= 11 is 6.11. The van der Waals surface area contributed by atoms with E-state index in [1.54, 1.807) is 19.1 Å². The minimum absolute atomic E-state index is 0.237. The lowest BCUT2D eigenvalue weighted by Crippen LogP contribution is -2.43. The highest BCUT2D eigenvalue weighted by molar-refractivity contribution is 6.33. The van der Waals surface area contributed by atoms with Gasteiger partial charge >= 0.3 is 0 Å². The summed E-state index contributed by atoms with van der Waals surface area (Å²) in [7, 11) is 1.45. The maximum Gasteiger partial charge on any atom is 0.263 e. The molecule has 0 unspecified atom stereocenters. The number of aryl methyl sites for hydroxylation is 1. The van der Waals surface area contributed by atoms with E-state index in [-0.39, 0.29) is 22.9 Å². The summed E-state index contributed by atoms with van der Waals surface area (Å²) in [6, 6.07) is 6.70. The Labute approximate surface area is 181 Å². The molecule has 2 atom stereocenters. The number of anilines is 2. The first-order valence-corrected chi connectivity index (χ1v) is 9.62. The second kappa shape index (κ2) is 7.95. The third-order valence-corrected chi connectivity index (χ3v) is 5.31. The van der Waals surface area contributed by atoms with Crippen molar-refractivity contribution < 1.29 is 23.5 Å². The fourth-order valence-electron chi connectivity index (χ4n) is 3.42. The number of nitrogens with one attached hydrogen (secondary N) is 1. The molecular weight excluding hydrogens is 429 g/mol. The van der Waals surface area contributed by atoms with Crippen LogP contribution in [0.3, 0.4) is 0 Å². The van der Waals surface area contributed by atoms with Crippen LogP contribution in [-0.4, -0.2) is 48.5 Å². The van der Waals surface area contributed by atoms with Crippen molar-refractivity contribution >= 4 is 40.7 Å². The van der Waals surface area contributed by atoms with Crippen LogP contribution in [0, 0.1) is 12.7 Å². The molecule has 0 radical (unpaired) electrons. The predicted molar refractivity (Wildman–Crippen MR) is 109 cm³/mol. The molecule has 0 saturated carbocycles. The number of fused-ring (bicyclic) bond motifs is 1. The van der Waals surface area contributed by atoms with Crippen LogP contribution in [0.5, 0.6) is 5.75 Å². The van der Waals surface area contributed by atoms with Gasteiger partial charge in [0.15, 0.2) is 12.1 Å². The number of carbonyl (C=O) groups excluding carboxylic acids is 3. The molecule has 3 amide bonds. The number of benzene rings is 2. The highest BCUT2D eigenvalue weighted by Crippen LogP contribution is 2.35. The van der Waals surface area contributed by atoms with Crippen LogP contribution in [0.4, 0.5) is 15.8 Å². The van der Waals surface area contributed by atoms with Crippen molar-refractivity contribution in [2.75, 3.05) is 23.9 Å². The Hall–Kier alpha value is -3.53. The van der Waals surface area contributed by atoms with Gasteiger partial charge in [-0.1, -0.05) is 22.9 Å². The molecule has 2 heterocycles. The van der Waals surface area contributed by atoms with E-state index in [9.17, 15) is 18.8 Å². The van der Waals surface area contributed by atoms with Gasteiger partial charge in [0, 0.05) is 5.69 Å². The van der Waals surface area contributed by atoms with Crippen LogP contribution in [0.15, 0.2) is 46.7 Å². The minimum Gasteiger partial charge on any atom is -0.495 e. The average Bonchev–Trinajstić information content (AvgIpc) is 3.24. The lowest BCUT2D eigenvalue weighted by molar-refractivity contribution is -0.123. The number of amides is 3. The topological polar surface area (TPSA) is 104 Å². The van der Waals surface area contributed by atoms with E-state index in [1.807, 2.05) is 0 Å². The van der Waals surface area contributed by atoms with Crippen molar-refractivity contribution in [3.8, 4) is 5.75 Å². The molecule has 0 spiro atoms. The molecule has 1 saturated heterocycles. The van der Waals surface area contributed by atoms with Crippen LogP contribution < -0.4 is 15.0 Å². The summed E-state index contributed by atoms with van der Waals surface area (Å²) in [5, 5.41) is 11.6. The Morgan fingerprint density at radius 1 is 1.23 bits per heavy atom. The Balaban J connectivity index is 1.49. The van der Waals surface area contributed by atoms with Gasteiger partial charge < -0.3 is 10.1 Å². The maximum atomic E-state index is 13.7. The Bertz CT molecular complexity index is 1120. The number of nitrogens with zero attached hydrogens (tertiary/aromatic N) is 4. The summed E-state index contributed by atoms with van der Waals surface area (Å²) in [5.74, 6) is -1.73. The normalized spacial score (nSPS) is 19.7. The molecule has 2 aliphatic rings. The highest BCUT2D eigenvalue weighted by atomic mass is 35.5. The first-order chi connectivity index (χ1) is 14.8. The van der Waals surface area contributed by atoms with Gasteiger partial charge in [0.1, 0.15) is 18.1 Å². The van der Waals surface area contributed by atoms with Crippen LogP contribution >= 0.6 is 11.6 Å². The Morgan fingerprint density at radius 3 is 2.68 bits per heavy atom. The summed E-state index contributed by atoms with van der Waals surface area (Å²) in [5.41, 5.74) is 0.983. The predicted octanol–water partition coefficient (Wildman–Crippen LogP) is 2.73. The molecule has 31 heavy (non-hydrogen) atoms. The van der Waals surface area contributed by atoms with E-state index in [4.69, 9.17) is 16.3 Å². The summed E-state index contributed by atoms with van der Waals surface area (Å²) < 4.78 is 18.8. The summed E-state index contributed by atoms with van der Waals surface area (Å²) in [4.78, 5) is 39.1. The van der Waals surface area contributed by atoms with Gasteiger partial charge in [-0.3, -0.25) is 19.4 Å². The number of imide groups is 1.